The van der Waals surface area contributed by atoms with Crippen LogP contribution in [-0.2, 0) is 13.1 Å². The maximum absolute atomic E-state index is 4.72. The summed E-state index contributed by atoms with van der Waals surface area (Å²) >= 11 is 0. The lowest BCUT2D eigenvalue weighted by atomic mass is 10.1. The van der Waals surface area contributed by atoms with Gasteiger partial charge in [0, 0.05) is 105 Å². The summed E-state index contributed by atoms with van der Waals surface area (Å²) in [6.45, 7) is 8.89. The number of hydrogen-bond donors (Lipinski definition) is 4. The molecule has 6 heterocycles. The van der Waals surface area contributed by atoms with E-state index in [0.29, 0.717) is 0 Å². The van der Waals surface area contributed by atoms with Crippen molar-refractivity contribution < 1.29 is 0 Å². The first-order valence-corrected chi connectivity index (χ1v) is 18.6. The molecule has 0 unspecified atom stereocenters. The van der Waals surface area contributed by atoms with Crippen molar-refractivity contribution in [1.29, 1.82) is 0 Å². The van der Waals surface area contributed by atoms with Gasteiger partial charge in [-0.2, -0.15) is 0 Å². The van der Waals surface area contributed by atoms with Gasteiger partial charge in [-0.1, -0.05) is 24.3 Å². The highest BCUT2D eigenvalue weighted by Crippen LogP contribution is 2.34. The number of nitrogens with zero attached hydrogens (tertiary/aromatic N) is 6. The quantitative estimate of drug-likeness (QED) is 0.151. The first-order chi connectivity index (χ1) is 25.3. The summed E-state index contributed by atoms with van der Waals surface area (Å²) in [6.07, 6.45) is 3.32. The van der Waals surface area contributed by atoms with Crippen LogP contribution in [0.25, 0.3) is 43.6 Å². The molecule has 0 aliphatic carbocycles. The van der Waals surface area contributed by atoms with E-state index in [2.05, 4.69) is 103 Å². The van der Waals surface area contributed by atoms with E-state index in [1.54, 1.807) is 0 Å². The van der Waals surface area contributed by atoms with E-state index >= 15 is 0 Å². The van der Waals surface area contributed by atoms with Gasteiger partial charge in [0.25, 0.3) is 0 Å². The SMILES string of the molecule is c1cc2c(cc1C1=NCCN1)c1ccc(C3=NCCN3)cc1n2CCCCCn1c2ccc(C3=NCCN3)cc2c2ccc(C3=NCCN3)cc21. The molecule has 0 atom stereocenters. The predicted octanol–water partition coefficient (Wildman–Crippen LogP) is 5.17. The molecule has 256 valence electrons. The lowest BCUT2D eigenvalue weighted by molar-refractivity contribution is 0.569. The topological polar surface area (TPSA) is 107 Å². The van der Waals surface area contributed by atoms with Crippen LogP contribution in [0.1, 0.15) is 41.5 Å². The van der Waals surface area contributed by atoms with E-state index in [1.807, 2.05) is 0 Å². The molecule has 2 aromatic heterocycles. The van der Waals surface area contributed by atoms with Gasteiger partial charge in [0.15, 0.2) is 0 Å². The number of aliphatic imine (C=N–C) groups is 4. The highest BCUT2D eigenvalue weighted by molar-refractivity contribution is 6.15. The van der Waals surface area contributed by atoms with E-state index in [-0.39, 0.29) is 0 Å². The molecule has 0 amide bonds. The normalized spacial score (nSPS) is 17.1. The molecule has 0 radical (unpaired) electrons. The first kappa shape index (κ1) is 30.2. The molecule has 4 aromatic carbocycles. The number of hydrogen-bond acceptors (Lipinski definition) is 8. The molecule has 0 spiro atoms. The number of amidine groups is 4. The van der Waals surface area contributed by atoms with Crippen LogP contribution in [0.5, 0.6) is 0 Å². The van der Waals surface area contributed by atoms with Crippen LogP contribution in [0, 0.1) is 0 Å². The van der Waals surface area contributed by atoms with Crippen molar-refractivity contribution in [2.75, 3.05) is 52.4 Å². The first-order valence-electron chi connectivity index (χ1n) is 18.6. The maximum atomic E-state index is 4.72. The van der Waals surface area contributed by atoms with Crippen molar-refractivity contribution in [3.8, 4) is 0 Å². The smallest absolute Gasteiger partial charge is 0.128 e. The summed E-state index contributed by atoms with van der Waals surface area (Å²) in [4.78, 5) is 18.8. The minimum Gasteiger partial charge on any atom is -0.368 e. The third-order valence-corrected chi connectivity index (χ3v) is 10.8. The molecule has 4 aliphatic heterocycles. The average Bonchev–Trinajstić information content (AvgIpc) is 4.03. The summed E-state index contributed by atoms with van der Waals surface area (Å²) in [7, 11) is 0. The Labute approximate surface area is 296 Å². The van der Waals surface area contributed by atoms with Crippen molar-refractivity contribution in [3.63, 3.8) is 0 Å². The van der Waals surface area contributed by atoms with Crippen molar-refractivity contribution in [2.24, 2.45) is 20.0 Å². The molecule has 10 heteroatoms. The molecule has 0 saturated carbocycles. The van der Waals surface area contributed by atoms with Crippen LogP contribution in [0.3, 0.4) is 0 Å². The van der Waals surface area contributed by atoms with Crippen LogP contribution < -0.4 is 21.3 Å². The second-order valence-electron chi connectivity index (χ2n) is 13.9. The molecule has 10 nitrogen and oxygen atoms in total. The number of fused-ring (bicyclic) bond motifs is 6. The molecule has 6 aromatic rings. The van der Waals surface area contributed by atoms with Crippen LogP contribution in [-0.4, -0.2) is 84.8 Å². The third-order valence-electron chi connectivity index (χ3n) is 10.8. The zero-order valence-electron chi connectivity index (χ0n) is 28.8. The molecular formula is C41H42N10. The summed E-state index contributed by atoms with van der Waals surface area (Å²) in [5.41, 5.74) is 9.75. The third kappa shape index (κ3) is 5.32. The zero-order chi connectivity index (χ0) is 33.7. The molecule has 51 heavy (non-hydrogen) atoms. The molecule has 0 bridgehead atoms. The predicted molar refractivity (Wildman–Crippen MR) is 210 cm³/mol. The van der Waals surface area contributed by atoms with E-state index < -0.39 is 0 Å². The van der Waals surface area contributed by atoms with Crippen LogP contribution in [0.15, 0.2) is 92.8 Å². The number of aromatic nitrogens is 2. The summed E-state index contributed by atoms with van der Waals surface area (Å²) in [5.74, 6) is 4.01. The minimum atomic E-state index is 0.835. The molecule has 4 aliphatic rings. The Kier molecular flexibility index (Phi) is 7.46. The minimum absolute atomic E-state index is 0.835. The Bertz CT molecular complexity index is 2300. The number of aryl methyl sites for hydroxylation is 2. The Morgan fingerprint density at radius 1 is 0.392 bits per heavy atom. The van der Waals surface area contributed by atoms with Gasteiger partial charge in [0.05, 0.1) is 26.2 Å². The lowest BCUT2D eigenvalue weighted by Crippen LogP contribution is -2.19. The maximum Gasteiger partial charge on any atom is 0.128 e. The van der Waals surface area contributed by atoms with Gasteiger partial charge in [-0.15, -0.1) is 0 Å². The fourth-order valence-corrected chi connectivity index (χ4v) is 8.35. The van der Waals surface area contributed by atoms with Gasteiger partial charge in [0.1, 0.15) is 23.3 Å². The van der Waals surface area contributed by atoms with Crippen LogP contribution >= 0.6 is 0 Å². The summed E-state index contributed by atoms with van der Waals surface area (Å²) in [5, 5.41) is 19.0. The number of rotatable bonds is 10. The van der Waals surface area contributed by atoms with Gasteiger partial charge in [-0.3, -0.25) is 20.0 Å². The highest BCUT2D eigenvalue weighted by atomic mass is 15.1. The number of nitrogens with one attached hydrogen (secondary N) is 4. The second kappa shape index (κ2) is 12.6. The molecular weight excluding hydrogens is 633 g/mol. The second-order valence-corrected chi connectivity index (χ2v) is 13.9. The summed E-state index contributed by atoms with van der Waals surface area (Å²) < 4.78 is 5.06. The zero-order valence-corrected chi connectivity index (χ0v) is 28.8. The number of benzene rings is 4. The van der Waals surface area contributed by atoms with E-state index in [4.69, 9.17) is 20.0 Å². The van der Waals surface area contributed by atoms with Crippen molar-refractivity contribution >= 4 is 67.0 Å². The average molecular weight is 675 g/mol. The van der Waals surface area contributed by atoms with Gasteiger partial charge < -0.3 is 30.4 Å². The van der Waals surface area contributed by atoms with Crippen molar-refractivity contribution in [1.82, 2.24) is 30.4 Å². The number of unbranched alkanes of at least 4 members (excludes halogenated alkanes) is 2. The van der Waals surface area contributed by atoms with Crippen LogP contribution in [0.2, 0.25) is 0 Å². The van der Waals surface area contributed by atoms with Gasteiger partial charge >= 0.3 is 0 Å². The van der Waals surface area contributed by atoms with Crippen LogP contribution in [0.4, 0.5) is 0 Å². The molecule has 0 fully saturated rings. The van der Waals surface area contributed by atoms with Gasteiger partial charge in [-0.05, 0) is 67.8 Å². The molecule has 0 saturated heterocycles. The molecule has 4 N–H and O–H groups in total. The van der Waals surface area contributed by atoms with Gasteiger partial charge in [0.2, 0.25) is 0 Å². The Morgan fingerprint density at radius 2 is 0.765 bits per heavy atom. The Morgan fingerprint density at radius 3 is 1.14 bits per heavy atom. The fourth-order valence-electron chi connectivity index (χ4n) is 8.35. The van der Waals surface area contributed by atoms with Crippen molar-refractivity contribution in [3.05, 3.63) is 95.1 Å². The van der Waals surface area contributed by atoms with Crippen molar-refractivity contribution in [2.45, 2.75) is 32.4 Å². The van der Waals surface area contributed by atoms with E-state index in [0.717, 1.165) is 130 Å². The largest absolute Gasteiger partial charge is 0.368 e. The molecule has 10 rings (SSSR count). The summed E-state index contributed by atoms with van der Waals surface area (Å²) in [6, 6.07) is 27.3. The highest BCUT2D eigenvalue weighted by Gasteiger charge is 2.19. The van der Waals surface area contributed by atoms with E-state index in [9.17, 15) is 0 Å². The Balaban J connectivity index is 0.943. The Hall–Kier alpha value is -5.64. The monoisotopic (exact) mass is 674 g/mol. The standard InChI is InChI=1S/C41H42N10/c1(2-20-50-34-10-6-26(38-42-12-13-43-38)22-32(34)30-8-4-28(24-36(30)50)40-46-16-17-47-40)3-21-51-35-11-7-27(39-44-14-15-45-39)23-33(35)31-9-5-29(25-37(31)51)41-48-18-19-49-41/h4-11,22-25H,1-3,12-21H2,(H,42,43)(H,44,45)(H,46,47)(H,48,49). The lowest BCUT2D eigenvalue weighted by Gasteiger charge is -2.11. The fraction of sp³-hybridized carbons (Fsp3) is 0.317. The van der Waals surface area contributed by atoms with Gasteiger partial charge in [-0.25, -0.2) is 0 Å². The van der Waals surface area contributed by atoms with E-state index in [1.165, 1.54) is 43.6 Å².